The molecule has 0 N–H and O–H groups in total. The number of Topliss-reactive ketones (excluding diaryl/α,β-unsaturated/α-hetero) is 1. The van der Waals surface area contributed by atoms with Gasteiger partial charge < -0.3 is 4.74 Å². The summed E-state index contributed by atoms with van der Waals surface area (Å²) < 4.78 is 34.7. The summed E-state index contributed by atoms with van der Waals surface area (Å²) in [5, 5.41) is 0. The van der Waals surface area contributed by atoms with Gasteiger partial charge in [-0.3, -0.25) is 4.79 Å². The Labute approximate surface area is 205 Å². The fraction of sp³-hybridized carbons (Fsp3) is 0.100. The van der Waals surface area contributed by atoms with Crippen molar-refractivity contribution in [3.63, 3.8) is 0 Å². The van der Waals surface area contributed by atoms with E-state index in [2.05, 4.69) is 0 Å². The van der Waals surface area contributed by atoms with Gasteiger partial charge in [0.2, 0.25) is 15.6 Å². The molecular formula is C30H24O4S. The second-order valence-corrected chi connectivity index (χ2v) is 10.5. The molecule has 1 aliphatic heterocycles. The number of hydrogen-bond acceptors (Lipinski definition) is 4. The molecule has 35 heavy (non-hydrogen) atoms. The first-order valence-electron chi connectivity index (χ1n) is 11.4. The zero-order valence-electron chi connectivity index (χ0n) is 19.2. The highest BCUT2D eigenvalue weighted by atomic mass is 32.2. The highest BCUT2D eigenvalue weighted by molar-refractivity contribution is 7.95. The third kappa shape index (κ3) is 4.31. The monoisotopic (exact) mass is 480 g/mol. The number of carbonyl (C=O) groups is 1. The molecule has 1 aliphatic rings. The maximum Gasteiger partial charge on any atom is 0.207 e. The third-order valence-corrected chi connectivity index (χ3v) is 8.10. The highest BCUT2D eigenvalue weighted by Gasteiger charge is 2.48. The van der Waals surface area contributed by atoms with Crippen LogP contribution in [0, 0.1) is 6.92 Å². The van der Waals surface area contributed by atoms with Crippen LogP contribution in [0.3, 0.4) is 0 Å². The van der Waals surface area contributed by atoms with Crippen molar-refractivity contribution in [2.24, 2.45) is 0 Å². The smallest absolute Gasteiger partial charge is 0.207 e. The van der Waals surface area contributed by atoms with E-state index < -0.39 is 21.9 Å². The van der Waals surface area contributed by atoms with Gasteiger partial charge >= 0.3 is 0 Å². The van der Waals surface area contributed by atoms with E-state index >= 15 is 0 Å². The van der Waals surface area contributed by atoms with Crippen molar-refractivity contribution in [1.82, 2.24) is 0 Å². The van der Waals surface area contributed by atoms with E-state index in [0.717, 1.165) is 5.56 Å². The minimum Gasteiger partial charge on any atom is -0.480 e. The molecule has 0 radical (unpaired) electrons. The molecule has 0 bridgehead atoms. The van der Waals surface area contributed by atoms with Gasteiger partial charge in [-0.1, -0.05) is 109 Å². The number of hydrogen-bond donors (Lipinski definition) is 0. The Morgan fingerprint density at radius 3 is 1.86 bits per heavy atom. The summed E-state index contributed by atoms with van der Waals surface area (Å²) in [5.41, 5.74) is 2.75. The number of benzene rings is 4. The van der Waals surface area contributed by atoms with E-state index in [1.807, 2.05) is 61.5 Å². The summed E-state index contributed by atoms with van der Waals surface area (Å²) in [6.07, 6.45) is -1.02. The lowest BCUT2D eigenvalue weighted by atomic mass is 9.89. The van der Waals surface area contributed by atoms with Crippen molar-refractivity contribution >= 4 is 21.4 Å². The Morgan fingerprint density at radius 1 is 0.714 bits per heavy atom. The van der Waals surface area contributed by atoms with Gasteiger partial charge in [-0.2, -0.15) is 0 Å². The molecule has 0 aliphatic carbocycles. The van der Waals surface area contributed by atoms with Crippen molar-refractivity contribution < 1.29 is 17.9 Å². The Kier molecular flexibility index (Phi) is 6.10. The number of rotatable bonds is 6. The van der Waals surface area contributed by atoms with Gasteiger partial charge in [0.25, 0.3) is 0 Å². The summed E-state index contributed by atoms with van der Waals surface area (Å²) in [4.78, 5) is 14.0. The minimum absolute atomic E-state index is 0.105. The molecule has 0 saturated carbocycles. The molecule has 1 heterocycles. The lowest BCUT2D eigenvalue weighted by molar-refractivity contribution is 0.0754. The molecule has 0 saturated heterocycles. The Bertz CT molecular complexity index is 1470. The van der Waals surface area contributed by atoms with E-state index in [1.54, 1.807) is 60.7 Å². The Morgan fingerprint density at radius 2 is 1.26 bits per heavy atom. The largest absolute Gasteiger partial charge is 0.480 e. The van der Waals surface area contributed by atoms with Crippen molar-refractivity contribution in [1.29, 1.82) is 0 Å². The van der Waals surface area contributed by atoms with Crippen LogP contribution in [0.2, 0.25) is 0 Å². The van der Waals surface area contributed by atoms with Crippen molar-refractivity contribution in [2.75, 3.05) is 0 Å². The Hall–Kier alpha value is -3.96. The molecule has 0 aromatic heterocycles. The van der Waals surface area contributed by atoms with E-state index in [9.17, 15) is 13.2 Å². The molecule has 5 rings (SSSR count). The van der Waals surface area contributed by atoms with Gasteiger partial charge in [0, 0.05) is 11.1 Å². The van der Waals surface area contributed by atoms with Crippen LogP contribution >= 0.6 is 0 Å². The van der Waals surface area contributed by atoms with Crippen LogP contribution in [-0.4, -0.2) is 20.3 Å². The van der Waals surface area contributed by atoms with Crippen molar-refractivity contribution in [3.05, 3.63) is 142 Å². The minimum atomic E-state index is -4.00. The molecule has 0 amide bonds. The van der Waals surface area contributed by atoms with Gasteiger partial charge in [0.05, 0.1) is 10.8 Å². The quantitative estimate of drug-likeness (QED) is 0.308. The van der Waals surface area contributed by atoms with Crippen LogP contribution in [-0.2, 0) is 14.6 Å². The van der Waals surface area contributed by atoms with Gasteiger partial charge in [-0.25, -0.2) is 8.42 Å². The first kappa shape index (κ1) is 22.8. The van der Waals surface area contributed by atoms with Crippen molar-refractivity contribution in [3.8, 4) is 0 Å². The first-order chi connectivity index (χ1) is 17.0. The normalized spacial score (nSPS) is 17.7. The molecule has 0 fully saturated rings. The number of sulfone groups is 1. The van der Waals surface area contributed by atoms with E-state index in [1.165, 1.54) is 0 Å². The molecule has 4 nitrogen and oxygen atoms in total. The second kappa shape index (κ2) is 9.35. The molecule has 4 aromatic carbocycles. The predicted octanol–water partition coefficient (Wildman–Crippen LogP) is 6.20. The molecule has 2 atom stereocenters. The SMILES string of the molecule is Cc1ccc(S(=O)(=O)C2=C(c3ccccc3)O[C@H](C(=O)c3ccccc3)[C@H]2c2ccccc2)cc1. The average molecular weight is 481 g/mol. The lowest BCUT2D eigenvalue weighted by Gasteiger charge is -2.21. The molecule has 5 heteroatoms. The molecule has 0 unspecified atom stereocenters. The predicted molar refractivity (Wildman–Crippen MR) is 137 cm³/mol. The average Bonchev–Trinajstić information content (AvgIpc) is 3.32. The van der Waals surface area contributed by atoms with Crippen LogP contribution in [0.25, 0.3) is 5.76 Å². The van der Waals surface area contributed by atoms with E-state index in [0.29, 0.717) is 16.7 Å². The lowest BCUT2D eigenvalue weighted by Crippen LogP contribution is -2.28. The maximum absolute atomic E-state index is 14.2. The number of ketones is 1. The van der Waals surface area contributed by atoms with Gasteiger partial charge in [0.1, 0.15) is 10.7 Å². The van der Waals surface area contributed by atoms with Crippen LogP contribution in [0.4, 0.5) is 0 Å². The van der Waals surface area contributed by atoms with Gasteiger partial charge in [-0.05, 0) is 24.6 Å². The van der Waals surface area contributed by atoms with Crippen LogP contribution in [0.15, 0.2) is 125 Å². The summed E-state index contributed by atoms with van der Waals surface area (Å²) in [5.74, 6) is -0.846. The third-order valence-electron chi connectivity index (χ3n) is 6.19. The molecule has 0 spiro atoms. The fourth-order valence-electron chi connectivity index (χ4n) is 4.42. The topological polar surface area (TPSA) is 60.4 Å². The molecule has 174 valence electrons. The molecular weight excluding hydrogens is 456 g/mol. The number of aryl methyl sites for hydroxylation is 1. The van der Waals surface area contributed by atoms with Crippen molar-refractivity contribution in [2.45, 2.75) is 23.8 Å². The standard InChI is InChI=1S/C30H24O4S/c1-21-17-19-25(20-18-21)35(32,33)30-26(22-11-5-2-6-12-22)29(27(31)23-13-7-3-8-14-23)34-28(30)24-15-9-4-10-16-24/h2-20,26,29H,1H3/t26-,29+/m1/s1. The highest BCUT2D eigenvalue weighted by Crippen LogP contribution is 2.48. The Balaban J connectivity index is 1.75. The van der Waals surface area contributed by atoms with E-state index in [-0.39, 0.29) is 21.3 Å². The van der Waals surface area contributed by atoms with Crippen LogP contribution in [0.1, 0.15) is 33.0 Å². The first-order valence-corrected chi connectivity index (χ1v) is 12.9. The zero-order valence-corrected chi connectivity index (χ0v) is 20.0. The maximum atomic E-state index is 14.2. The summed E-state index contributed by atoms with van der Waals surface area (Å²) in [6, 6.07) is 34.0. The zero-order chi connectivity index (χ0) is 24.4. The fourth-order valence-corrected chi connectivity index (χ4v) is 6.18. The van der Waals surface area contributed by atoms with Crippen LogP contribution < -0.4 is 0 Å². The number of ether oxygens (including phenoxy) is 1. The number of carbonyl (C=O) groups excluding carboxylic acids is 1. The molecule has 4 aromatic rings. The second-order valence-electron chi connectivity index (χ2n) is 8.53. The van der Waals surface area contributed by atoms with Gasteiger partial charge in [0.15, 0.2) is 6.10 Å². The van der Waals surface area contributed by atoms with E-state index in [4.69, 9.17) is 4.74 Å². The summed E-state index contributed by atoms with van der Waals surface area (Å²) >= 11 is 0. The van der Waals surface area contributed by atoms with Crippen LogP contribution in [0.5, 0.6) is 0 Å². The summed E-state index contributed by atoms with van der Waals surface area (Å²) in [7, 11) is -4.00. The van der Waals surface area contributed by atoms with Gasteiger partial charge in [-0.15, -0.1) is 0 Å². The summed E-state index contributed by atoms with van der Waals surface area (Å²) in [6.45, 7) is 1.91.